The van der Waals surface area contributed by atoms with Crippen LogP contribution in [0.25, 0.3) is 0 Å². The van der Waals surface area contributed by atoms with E-state index in [2.05, 4.69) is 26.2 Å². The van der Waals surface area contributed by atoms with E-state index in [4.69, 9.17) is 5.14 Å². The molecule has 110 valence electrons. The molecule has 0 saturated carbocycles. The standard InChI is InChI=1S/C12H10BrN3O4S/c13-10-4-9(21(14,19)20)1-2-11(10)16-12(18)7-3-8(17)6-15-5-7/h1-6,17H,(H,16,18)(H2,14,19,20). The summed E-state index contributed by atoms with van der Waals surface area (Å²) in [5.74, 6) is -0.631. The molecule has 0 aliphatic carbocycles. The van der Waals surface area contributed by atoms with E-state index in [-0.39, 0.29) is 16.2 Å². The van der Waals surface area contributed by atoms with Gasteiger partial charge in [-0.1, -0.05) is 0 Å². The maximum absolute atomic E-state index is 12.0. The molecule has 0 atom stereocenters. The molecule has 0 radical (unpaired) electrons. The number of rotatable bonds is 3. The Morgan fingerprint density at radius 3 is 2.57 bits per heavy atom. The Morgan fingerprint density at radius 2 is 2.00 bits per heavy atom. The van der Waals surface area contributed by atoms with E-state index in [1.807, 2.05) is 0 Å². The molecule has 0 fully saturated rings. The van der Waals surface area contributed by atoms with Crippen LogP contribution in [0.15, 0.2) is 46.0 Å². The van der Waals surface area contributed by atoms with Crippen molar-refractivity contribution in [3.05, 3.63) is 46.7 Å². The lowest BCUT2D eigenvalue weighted by molar-refractivity contribution is 0.102. The lowest BCUT2D eigenvalue weighted by Crippen LogP contribution is -2.14. The van der Waals surface area contributed by atoms with Gasteiger partial charge in [-0.2, -0.15) is 0 Å². The summed E-state index contributed by atoms with van der Waals surface area (Å²) in [4.78, 5) is 15.6. The van der Waals surface area contributed by atoms with Crippen LogP contribution in [0.4, 0.5) is 5.69 Å². The van der Waals surface area contributed by atoms with Crippen molar-refractivity contribution in [2.24, 2.45) is 5.14 Å². The van der Waals surface area contributed by atoms with Crippen molar-refractivity contribution < 1.29 is 18.3 Å². The number of amides is 1. The number of nitrogens with two attached hydrogens (primary N) is 1. The predicted octanol–water partition coefficient (Wildman–Crippen LogP) is 1.45. The second-order valence-corrected chi connectivity index (χ2v) is 6.49. The molecule has 1 amide bonds. The molecule has 0 aliphatic rings. The van der Waals surface area contributed by atoms with Crippen molar-refractivity contribution in [1.82, 2.24) is 4.98 Å². The Labute approximate surface area is 129 Å². The minimum atomic E-state index is -3.81. The number of hydrogen-bond donors (Lipinski definition) is 3. The number of primary sulfonamides is 1. The molecule has 4 N–H and O–H groups in total. The van der Waals surface area contributed by atoms with Gasteiger partial charge < -0.3 is 10.4 Å². The van der Waals surface area contributed by atoms with Gasteiger partial charge in [0.2, 0.25) is 10.0 Å². The minimum absolute atomic E-state index is 0.0774. The zero-order valence-electron chi connectivity index (χ0n) is 10.4. The summed E-state index contributed by atoms with van der Waals surface area (Å²) < 4.78 is 22.8. The summed E-state index contributed by atoms with van der Waals surface area (Å²) in [5, 5.41) is 16.8. The third-order valence-corrected chi connectivity index (χ3v) is 4.07. The second kappa shape index (κ2) is 5.80. The van der Waals surface area contributed by atoms with Crippen molar-refractivity contribution >= 4 is 37.5 Å². The Bertz CT molecular complexity index is 808. The molecular weight excluding hydrogens is 362 g/mol. The van der Waals surface area contributed by atoms with Crippen LogP contribution in [0, 0.1) is 0 Å². The van der Waals surface area contributed by atoms with E-state index < -0.39 is 15.9 Å². The van der Waals surface area contributed by atoms with E-state index in [0.717, 1.165) is 0 Å². The molecule has 9 heteroatoms. The molecule has 2 aromatic rings. The lowest BCUT2D eigenvalue weighted by atomic mass is 10.2. The van der Waals surface area contributed by atoms with Crippen LogP contribution in [0.5, 0.6) is 5.75 Å². The Balaban J connectivity index is 2.26. The molecule has 1 aromatic carbocycles. The number of halogens is 1. The molecule has 2 rings (SSSR count). The summed E-state index contributed by atoms with van der Waals surface area (Å²) >= 11 is 3.16. The number of hydrogen-bond acceptors (Lipinski definition) is 5. The smallest absolute Gasteiger partial charge is 0.257 e. The van der Waals surface area contributed by atoms with Crippen LogP contribution in [-0.4, -0.2) is 24.4 Å². The van der Waals surface area contributed by atoms with E-state index in [1.165, 1.54) is 36.7 Å². The number of nitrogens with one attached hydrogen (secondary N) is 1. The molecular formula is C12H10BrN3O4S. The molecule has 0 saturated heterocycles. The average molecular weight is 372 g/mol. The van der Waals surface area contributed by atoms with E-state index in [1.54, 1.807) is 0 Å². The molecule has 21 heavy (non-hydrogen) atoms. The SMILES string of the molecule is NS(=O)(=O)c1ccc(NC(=O)c2cncc(O)c2)c(Br)c1. The second-order valence-electron chi connectivity index (χ2n) is 4.07. The zero-order valence-corrected chi connectivity index (χ0v) is 12.8. The fourth-order valence-electron chi connectivity index (χ4n) is 1.52. The van der Waals surface area contributed by atoms with Gasteiger partial charge in [0.1, 0.15) is 5.75 Å². The Hall–Kier alpha value is -1.97. The van der Waals surface area contributed by atoms with Gasteiger partial charge in [-0.15, -0.1) is 0 Å². The number of aromatic nitrogens is 1. The third kappa shape index (κ3) is 3.78. The van der Waals surface area contributed by atoms with Gasteiger partial charge in [-0.05, 0) is 40.2 Å². The van der Waals surface area contributed by atoms with Gasteiger partial charge >= 0.3 is 0 Å². The zero-order chi connectivity index (χ0) is 15.6. The molecule has 7 nitrogen and oxygen atoms in total. The first-order valence-electron chi connectivity index (χ1n) is 5.55. The number of benzene rings is 1. The first kappa shape index (κ1) is 15.4. The maximum Gasteiger partial charge on any atom is 0.257 e. The summed E-state index contributed by atoms with van der Waals surface area (Å²) in [6.07, 6.45) is 2.50. The van der Waals surface area contributed by atoms with Crippen LogP contribution in [0.1, 0.15) is 10.4 Å². The lowest BCUT2D eigenvalue weighted by Gasteiger charge is -2.08. The van der Waals surface area contributed by atoms with Gasteiger partial charge in [0.05, 0.1) is 22.3 Å². The van der Waals surface area contributed by atoms with E-state index >= 15 is 0 Å². The fourth-order valence-corrected chi connectivity index (χ4v) is 2.69. The summed E-state index contributed by atoms with van der Waals surface area (Å²) in [6.45, 7) is 0. The van der Waals surface area contributed by atoms with E-state index in [0.29, 0.717) is 10.2 Å². The first-order chi connectivity index (χ1) is 9.77. The fraction of sp³-hybridized carbons (Fsp3) is 0. The number of nitrogens with zero attached hydrogens (tertiary/aromatic N) is 1. The van der Waals surface area contributed by atoms with Crippen molar-refractivity contribution in [1.29, 1.82) is 0 Å². The molecule has 0 aliphatic heterocycles. The monoisotopic (exact) mass is 371 g/mol. The summed E-state index contributed by atoms with van der Waals surface area (Å²) in [5.41, 5.74) is 0.521. The Kier molecular flexibility index (Phi) is 4.26. The van der Waals surface area contributed by atoms with Gasteiger partial charge in [0.25, 0.3) is 5.91 Å². The van der Waals surface area contributed by atoms with Gasteiger partial charge in [0, 0.05) is 10.7 Å². The topological polar surface area (TPSA) is 122 Å². The van der Waals surface area contributed by atoms with Gasteiger partial charge in [-0.25, -0.2) is 13.6 Å². The highest BCUT2D eigenvalue weighted by molar-refractivity contribution is 9.10. The normalized spacial score (nSPS) is 11.1. The van der Waals surface area contributed by atoms with Crippen LogP contribution in [0.3, 0.4) is 0 Å². The van der Waals surface area contributed by atoms with Crippen LogP contribution in [-0.2, 0) is 10.0 Å². The first-order valence-corrected chi connectivity index (χ1v) is 7.89. The van der Waals surface area contributed by atoms with Crippen LogP contribution >= 0.6 is 15.9 Å². The molecule has 0 unspecified atom stereocenters. The van der Waals surface area contributed by atoms with Crippen molar-refractivity contribution in [2.75, 3.05) is 5.32 Å². The maximum atomic E-state index is 12.0. The molecule has 1 aromatic heterocycles. The highest BCUT2D eigenvalue weighted by Gasteiger charge is 2.13. The minimum Gasteiger partial charge on any atom is -0.506 e. The molecule has 0 spiro atoms. The highest BCUT2D eigenvalue weighted by Crippen LogP contribution is 2.26. The largest absolute Gasteiger partial charge is 0.506 e. The Morgan fingerprint density at radius 1 is 1.29 bits per heavy atom. The number of aromatic hydroxyl groups is 1. The third-order valence-electron chi connectivity index (χ3n) is 2.50. The van der Waals surface area contributed by atoms with Gasteiger partial charge in [0.15, 0.2) is 0 Å². The van der Waals surface area contributed by atoms with Gasteiger partial charge in [-0.3, -0.25) is 9.78 Å². The van der Waals surface area contributed by atoms with Crippen LogP contribution in [0.2, 0.25) is 0 Å². The number of anilines is 1. The number of carbonyl (C=O) groups excluding carboxylic acids is 1. The number of pyridine rings is 1. The summed E-state index contributed by atoms with van der Waals surface area (Å²) in [7, 11) is -3.81. The average Bonchev–Trinajstić information content (AvgIpc) is 2.39. The molecule has 0 bridgehead atoms. The quantitative estimate of drug-likeness (QED) is 0.753. The van der Waals surface area contributed by atoms with E-state index in [9.17, 15) is 18.3 Å². The highest BCUT2D eigenvalue weighted by atomic mass is 79.9. The molecule has 1 heterocycles. The van der Waals surface area contributed by atoms with Crippen LogP contribution < -0.4 is 10.5 Å². The predicted molar refractivity (Wildman–Crippen MR) is 79.4 cm³/mol. The number of carbonyl (C=O) groups is 1. The number of sulfonamides is 1. The van der Waals surface area contributed by atoms with Crippen molar-refractivity contribution in [3.63, 3.8) is 0 Å². The van der Waals surface area contributed by atoms with Crippen molar-refractivity contribution in [3.8, 4) is 5.75 Å². The van der Waals surface area contributed by atoms with Crippen molar-refractivity contribution in [2.45, 2.75) is 4.90 Å². The summed E-state index contributed by atoms with van der Waals surface area (Å²) in [6, 6.07) is 5.22.